The molecule has 2 aliphatic rings. The number of ether oxygens (including phenoxy) is 2. The predicted molar refractivity (Wildman–Crippen MR) is 120 cm³/mol. The molecule has 1 aromatic carbocycles. The Morgan fingerprint density at radius 2 is 2.03 bits per heavy atom. The Labute approximate surface area is 187 Å². The molecule has 1 aromatic heterocycles. The molecule has 2 heterocycles. The topological polar surface area (TPSA) is 59.1 Å². The first kappa shape index (κ1) is 21.8. The van der Waals surface area contributed by atoms with Gasteiger partial charge in [0.25, 0.3) is 0 Å². The van der Waals surface area contributed by atoms with Crippen LogP contribution in [-0.2, 0) is 20.7 Å². The zero-order valence-corrected chi connectivity index (χ0v) is 19.0. The van der Waals surface area contributed by atoms with Gasteiger partial charge in [-0.05, 0) is 60.7 Å². The molecular formula is C24H30N2O4S. The maximum Gasteiger partial charge on any atom is 0.249 e. The second-order valence-electron chi connectivity index (χ2n) is 8.38. The lowest BCUT2D eigenvalue weighted by molar-refractivity contribution is -0.144. The van der Waals surface area contributed by atoms with Crippen molar-refractivity contribution < 1.29 is 19.1 Å². The Morgan fingerprint density at radius 3 is 2.77 bits per heavy atom. The molecule has 1 atom stereocenters. The van der Waals surface area contributed by atoms with Gasteiger partial charge in [0.2, 0.25) is 11.8 Å². The molecule has 0 radical (unpaired) electrons. The Hall–Kier alpha value is -2.38. The fourth-order valence-corrected chi connectivity index (χ4v) is 5.03. The van der Waals surface area contributed by atoms with Gasteiger partial charge in [-0.1, -0.05) is 18.2 Å². The Balaban J connectivity index is 1.49. The third kappa shape index (κ3) is 5.28. The molecule has 6 nitrogen and oxygen atoms in total. The number of carbonyl (C=O) groups excluding carboxylic acids is 2. The summed E-state index contributed by atoms with van der Waals surface area (Å²) in [5.74, 6) is 1.20. The number of aryl methyl sites for hydroxylation is 1. The van der Waals surface area contributed by atoms with Crippen molar-refractivity contribution in [3.63, 3.8) is 0 Å². The number of benzene rings is 1. The molecule has 0 spiro atoms. The molecule has 166 valence electrons. The van der Waals surface area contributed by atoms with E-state index in [0.29, 0.717) is 25.6 Å². The van der Waals surface area contributed by atoms with Gasteiger partial charge in [0, 0.05) is 25.1 Å². The number of para-hydroxylation sites is 1. The van der Waals surface area contributed by atoms with Crippen LogP contribution in [0.2, 0.25) is 0 Å². The smallest absolute Gasteiger partial charge is 0.249 e. The Bertz CT molecular complexity index is 924. The fourth-order valence-electron chi connectivity index (χ4n) is 4.10. The molecule has 7 heteroatoms. The van der Waals surface area contributed by atoms with Crippen LogP contribution in [0.4, 0.5) is 0 Å². The number of rotatable bonds is 9. The summed E-state index contributed by atoms with van der Waals surface area (Å²) in [6, 6.07) is 9.87. The largest absolute Gasteiger partial charge is 0.491 e. The van der Waals surface area contributed by atoms with Crippen molar-refractivity contribution in [2.75, 3.05) is 40.0 Å². The highest BCUT2D eigenvalue weighted by Gasteiger charge is 2.35. The maximum atomic E-state index is 13.4. The number of hydrogen-bond acceptors (Lipinski definition) is 5. The zero-order chi connectivity index (χ0) is 21.8. The third-order valence-electron chi connectivity index (χ3n) is 6.03. The SMILES string of the molecule is COCC(=O)N(CC(=O)N1CCc2sccc2[C@H]1COc1ccccc1C)CC1CC1. The second-order valence-corrected chi connectivity index (χ2v) is 9.38. The highest BCUT2D eigenvalue weighted by atomic mass is 32.1. The highest BCUT2D eigenvalue weighted by Crippen LogP contribution is 2.35. The molecule has 2 amide bonds. The van der Waals surface area contributed by atoms with Crippen molar-refractivity contribution in [3.05, 3.63) is 51.7 Å². The minimum atomic E-state index is -0.151. The van der Waals surface area contributed by atoms with E-state index in [1.807, 2.05) is 36.1 Å². The van der Waals surface area contributed by atoms with Gasteiger partial charge < -0.3 is 19.3 Å². The normalized spacial score (nSPS) is 17.9. The van der Waals surface area contributed by atoms with E-state index in [0.717, 1.165) is 36.1 Å². The highest BCUT2D eigenvalue weighted by molar-refractivity contribution is 7.10. The number of thiophene rings is 1. The number of carbonyl (C=O) groups is 2. The van der Waals surface area contributed by atoms with Crippen LogP contribution in [-0.4, -0.2) is 61.6 Å². The quantitative estimate of drug-likeness (QED) is 0.597. The summed E-state index contributed by atoms with van der Waals surface area (Å²) in [4.78, 5) is 30.8. The molecule has 4 rings (SSSR count). The standard InChI is InChI=1S/C24H30N2O4S/c1-17-5-3-4-6-21(17)30-15-20-19-10-12-31-22(19)9-11-26(20)23(27)14-25(13-18-7-8-18)24(28)16-29-2/h3-6,10,12,18,20H,7-9,11,13-16H2,1-2H3/t20-/m1/s1. The van der Waals surface area contributed by atoms with Gasteiger partial charge >= 0.3 is 0 Å². The van der Waals surface area contributed by atoms with Gasteiger partial charge in [-0.15, -0.1) is 11.3 Å². The van der Waals surface area contributed by atoms with Crippen LogP contribution >= 0.6 is 11.3 Å². The number of hydrogen-bond donors (Lipinski definition) is 0. The summed E-state index contributed by atoms with van der Waals surface area (Å²) in [6.45, 7) is 3.80. The molecule has 1 aliphatic carbocycles. The average molecular weight is 443 g/mol. The molecule has 0 saturated heterocycles. The second kappa shape index (κ2) is 9.83. The average Bonchev–Trinajstić information content (AvgIpc) is 3.45. The minimum absolute atomic E-state index is 0.00843. The predicted octanol–water partition coefficient (Wildman–Crippen LogP) is 3.45. The maximum absolute atomic E-state index is 13.4. The van der Waals surface area contributed by atoms with Crippen LogP contribution < -0.4 is 4.74 Å². The minimum Gasteiger partial charge on any atom is -0.491 e. The van der Waals surface area contributed by atoms with Gasteiger partial charge in [0.1, 0.15) is 19.0 Å². The molecule has 1 fully saturated rings. The first-order valence-corrected chi connectivity index (χ1v) is 11.8. The van der Waals surface area contributed by atoms with Crippen LogP contribution in [0.1, 0.15) is 34.9 Å². The molecule has 1 aliphatic heterocycles. The first-order chi connectivity index (χ1) is 15.1. The van der Waals surface area contributed by atoms with Gasteiger partial charge in [0.15, 0.2) is 0 Å². The van der Waals surface area contributed by atoms with Gasteiger partial charge in [0.05, 0.1) is 12.6 Å². The summed E-state index contributed by atoms with van der Waals surface area (Å²) in [7, 11) is 1.51. The summed E-state index contributed by atoms with van der Waals surface area (Å²) < 4.78 is 11.2. The molecule has 2 aromatic rings. The summed E-state index contributed by atoms with van der Waals surface area (Å²) in [5.41, 5.74) is 2.23. The molecular weight excluding hydrogens is 412 g/mol. The van der Waals surface area contributed by atoms with Crippen LogP contribution in [0.25, 0.3) is 0 Å². The van der Waals surface area contributed by atoms with Crippen molar-refractivity contribution in [2.24, 2.45) is 5.92 Å². The van der Waals surface area contributed by atoms with Crippen molar-refractivity contribution in [1.29, 1.82) is 0 Å². The number of methoxy groups -OCH3 is 1. The van der Waals surface area contributed by atoms with Crippen LogP contribution in [0.5, 0.6) is 5.75 Å². The fraction of sp³-hybridized carbons (Fsp3) is 0.500. The first-order valence-electron chi connectivity index (χ1n) is 10.9. The summed E-state index contributed by atoms with van der Waals surface area (Å²) in [6.07, 6.45) is 3.09. The van der Waals surface area contributed by atoms with Crippen molar-refractivity contribution in [2.45, 2.75) is 32.2 Å². The molecule has 0 bridgehead atoms. The van der Waals surface area contributed by atoms with E-state index in [9.17, 15) is 9.59 Å². The summed E-state index contributed by atoms with van der Waals surface area (Å²) in [5, 5.41) is 2.08. The van der Waals surface area contributed by atoms with Crippen LogP contribution in [0.3, 0.4) is 0 Å². The lowest BCUT2D eigenvalue weighted by Gasteiger charge is -2.37. The van der Waals surface area contributed by atoms with Crippen molar-refractivity contribution in [3.8, 4) is 5.75 Å². The van der Waals surface area contributed by atoms with Crippen LogP contribution in [0.15, 0.2) is 35.7 Å². The monoisotopic (exact) mass is 442 g/mol. The van der Waals surface area contributed by atoms with E-state index in [-0.39, 0.29) is 31.0 Å². The van der Waals surface area contributed by atoms with E-state index in [1.165, 1.54) is 12.0 Å². The van der Waals surface area contributed by atoms with Gasteiger partial charge in [-0.3, -0.25) is 9.59 Å². The van der Waals surface area contributed by atoms with Crippen LogP contribution in [0, 0.1) is 12.8 Å². The number of amides is 2. The zero-order valence-electron chi connectivity index (χ0n) is 18.2. The van der Waals surface area contributed by atoms with E-state index < -0.39 is 0 Å². The van der Waals surface area contributed by atoms with E-state index in [4.69, 9.17) is 9.47 Å². The molecule has 31 heavy (non-hydrogen) atoms. The summed E-state index contributed by atoms with van der Waals surface area (Å²) >= 11 is 1.74. The van der Waals surface area contributed by atoms with Gasteiger partial charge in [-0.25, -0.2) is 0 Å². The third-order valence-corrected chi connectivity index (χ3v) is 7.02. The molecule has 0 N–H and O–H groups in total. The lowest BCUT2D eigenvalue weighted by Crippen LogP contribution is -2.48. The molecule has 1 saturated carbocycles. The van der Waals surface area contributed by atoms with Gasteiger partial charge in [-0.2, -0.15) is 0 Å². The van der Waals surface area contributed by atoms with Crippen molar-refractivity contribution in [1.82, 2.24) is 9.80 Å². The van der Waals surface area contributed by atoms with E-state index >= 15 is 0 Å². The Kier molecular flexibility index (Phi) is 6.92. The van der Waals surface area contributed by atoms with E-state index in [1.54, 1.807) is 16.2 Å². The number of nitrogens with zero attached hydrogens (tertiary/aromatic N) is 2. The van der Waals surface area contributed by atoms with E-state index in [2.05, 4.69) is 11.4 Å². The lowest BCUT2D eigenvalue weighted by atomic mass is 10.0. The number of fused-ring (bicyclic) bond motifs is 1. The molecule has 0 unspecified atom stereocenters. The van der Waals surface area contributed by atoms with Crippen molar-refractivity contribution >= 4 is 23.2 Å². The Morgan fingerprint density at radius 1 is 1.23 bits per heavy atom.